The number of aromatic nitrogens is 2. The van der Waals surface area contributed by atoms with Crippen molar-refractivity contribution < 1.29 is 23.1 Å². The Morgan fingerprint density at radius 1 is 1.25 bits per heavy atom. The lowest BCUT2D eigenvalue weighted by atomic mass is 9.85. The highest BCUT2D eigenvalue weighted by molar-refractivity contribution is 5.86. The minimum atomic E-state index is -1.45. The number of nitrogens with one attached hydrogen (secondary N) is 1. The van der Waals surface area contributed by atoms with Crippen LogP contribution in [0.15, 0.2) is 30.7 Å². The van der Waals surface area contributed by atoms with Crippen LogP contribution in [0.25, 0.3) is 11.3 Å². The fraction of sp³-hybridized carbons (Fsp3) is 0.593. The number of hydrogen-bond donors (Lipinski definition) is 1. The average Bonchev–Trinajstić information content (AvgIpc) is 3.37. The lowest BCUT2D eigenvalue weighted by molar-refractivity contribution is -0.137. The molecule has 0 radical (unpaired) electrons. The monoisotopic (exact) mass is 502 g/mol. The first-order valence-electron chi connectivity index (χ1n) is 12.7. The summed E-state index contributed by atoms with van der Waals surface area (Å²) in [7, 11) is 0. The molecule has 3 heterocycles. The number of benzene rings is 1. The van der Waals surface area contributed by atoms with Gasteiger partial charge in [-0.25, -0.2) is 18.6 Å². The SMILES string of the molecule is CC(C)[C@H](NC(=O)OC(C)(C)C)C(=O)N1CCC(F)(CCC2c3c(F)cccc3-c3cncn32)CC1. The Morgan fingerprint density at radius 3 is 2.58 bits per heavy atom. The van der Waals surface area contributed by atoms with Crippen molar-refractivity contribution in [2.24, 2.45) is 5.92 Å². The second kappa shape index (κ2) is 9.82. The molecule has 196 valence electrons. The molecule has 1 unspecified atom stereocenters. The largest absolute Gasteiger partial charge is 0.444 e. The predicted octanol–water partition coefficient (Wildman–Crippen LogP) is 5.25. The van der Waals surface area contributed by atoms with Crippen molar-refractivity contribution in [1.82, 2.24) is 19.8 Å². The number of halogens is 2. The Bertz CT molecular complexity index is 1120. The highest BCUT2D eigenvalue weighted by Gasteiger charge is 2.40. The van der Waals surface area contributed by atoms with Crippen molar-refractivity contribution >= 4 is 12.0 Å². The first kappa shape index (κ1) is 26.1. The van der Waals surface area contributed by atoms with Gasteiger partial charge >= 0.3 is 6.09 Å². The Labute approximate surface area is 211 Å². The summed E-state index contributed by atoms with van der Waals surface area (Å²) >= 11 is 0. The van der Waals surface area contributed by atoms with Crippen LogP contribution in [0, 0.1) is 11.7 Å². The van der Waals surface area contributed by atoms with Gasteiger partial charge in [0.25, 0.3) is 0 Å². The minimum Gasteiger partial charge on any atom is -0.444 e. The zero-order chi connectivity index (χ0) is 26.3. The number of alkyl halides is 1. The van der Waals surface area contributed by atoms with E-state index in [0.717, 1.165) is 11.3 Å². The van der Waals surface area contributed by atoms with Crippen molar-refractivity contribution in [2.75, 3.05) is 13.1 Å². The van der Waals surface area contributed by atoms with Crippen molar-refractivity contribution in [1.29, 1.82) is 0 Å². The number of fused-ring (bicyclic) bond motifs is 3. The fourth-order valence-electron chi connectivity index (χ4n) is 5.20. The Hall–Kier alpha value is -2.97. The molecule has 1 saturated heterocycles. The van der Waals surface area contributed by atoms with Gasteiger partial charge in [-0.1, -0.05) is 26.0 Å². The van der Waals surface area contributed by atoms with E-state index in [9.17, 15) is 14.0 Å². The number of carbonyl (C=O) groups is 2. The van der Waals surface area contributed by atoms with Crippen molar-refractivity contribution in [3.05, 3.63) is 42.1 Å². The fourth-order valence-corrected chi connectivity index (χ4v) is 5.20. The molecule has 0 bridgehead atoms. The molecule has 2 amide bonds. The van der Waals surface area contributed by atoms with E-state index in [1.807, 2.05) is 24.5 Å². The maximum atomic E-state index is 15.9. The van der Waals surface area contributed by atoms with Crippen LogP contribution in [0.3, 0.4) is 0 Å². The Balaban J connectivity index is 1.37. The lowest BCUT2D eigenvalue weighted by Crippen LogP contribution is -2.55. The van der Waals surface area contributed by atoms with E-state index in [4.69, 9.17) is 4.74 Å². The molecule has 4 rings (SSSR count). The van der Waals surface area contributed by atoms with Gasteiger partial charge in [0, 0.05) is 24.2 Å². The smallest absolute Gasteiger partial charge is 0.408 e. The number of hydrogen-bond acceptors (Lipinski definition) is 4. The standard InChI is InChI=1S/C27H36F2N4O3/c1-17(2)23(31-25(35)36-26(3,4)5)24(34)32-13-11-27(29,12-14-32)10-9-20-22-18(7-6-8-19(22)28)21-15-30-16-33(20)21/h6-8,15-17,20,23H,9-14H2,1-5H3,(H,31,35)/t20?,23-/m0/s1. The molecule has 0 saturated carbocycles. The lowest BCUT2D eigenvalue weighted by Gasteiger charge is -2.39. The molecule has 2 aromatic rings. The number of imidazole rings is 1. The molecule has 1 N–H and O–H groups in total. The number of nitrogens with zero attached hydrogens (tertiary/aromatic N) is 3. The minimum absolute atomic E-state index is 0.149. The van der Waals surface area contributed by atoms with Crippen LogP contribution in [0.5, 0.6) is 0 Å². The summed E-state index contributed by atoms with van der Waals surface area (Å²) in [5.74, 6) is -0.664. The highest BCUT2D eigenvalue weighted by atomic mass is 19.1. The maximum absolute atomic E-state index is 15.9. The summed E-state index contributed by atoms with van der Waals surface area (Å²) in [6.45, 7) is 9.52. The zero-order valence-corrected chi connectivity index (χ0v) is 21.7. The zero-order valence-electron chi connectivity index (χ0n) is 21.7. The normalized spacial score (nSPS) is 19.6. The molecular formula is C27H36F2N4O3. The molecule has 2 aliphatic heterocycles. The quantitative estimate of drug-likeness (QED) is 0.585. The molecule has 9 heteroatoms. The molecule has 0 spiro atoms. The van der Waals surface area contributed by atoms with E-state index in [0.29, 0.717) is 12.0 Å². The molecule has 2 aliphatic rings. The number of amides is 2. The van der Waals surface area contributed by atoms with E-state index in [-0.39, 0.29) is 56.0 Å². The maximum Gasteiger partial charge on any atom is 0.408 e. The third-order valence-corrected chi connectivity index (χ3v) is 7.11. The van der Waals surface area contributed by atoms with Gasteiger partial charge in [0.2, 0.25) is 5.91 Å². The van der Waals surface area contributed by atoms with Gasteiger partial charge in [-0.2, -0.15) is 0 Å². The van der Waals surface area contributed by atoms with E-state index in [2.05, 4.69) is 10.3 Å². The van der Waals surface area contributed by atoms with E-state index in [1.165, 1.54) is 6.07 Å². The number of alkyl carbamates (subject to hydrolysis) is 1. The summed E-state index contributed by atoms with van der Waals surface area (Å²) in [5, 5.41) is 2.68. The molecule has 0 aliphatic carbocycles. The molecule has 1 fully saturated rings. The number of carbonyl (C=O) groups excluding carboxylic acids is 2. The molecule has 7 nitrogen and oxygen atoms in total. The molecule has 36 heavy (non-hydrogen) atoms. The number of piperidine rings is 1. The molecule has 1 aromatic carbocycles. The van der Waals surface area contributed by atoms with Crippen molar-refractivity contribution in [2.45, 2.75) is 83.7 Å². The first-order valence-corrected chi connectivity index (χ1v) is 12.7. The van der Waals surface area contributed by atoms with Crippen LogP contribution in [-0.4, -0.2) is 56.9 Å². The van der Waals surface area contributed by atoms with Crippen molar-refractivity contribution in [3.63, 3.8) is 0 Å². The van der Waals surface area contributed by atoms with Crippen LogP contribution in [-0.2, 0) is 9.53 Å². The van der Waals surface area contributed by atoms with Gasteiger partial charge in [-0.15, -0.1) is 0 Å². The van der Waals surface area contributed by atoms with Gasteiger partial charge in [0.1, 0.15) is 23.1 Å². The van der Waals surface area contributed by atoms with Gasteiger partial charge in [0.15, 0.2) is 0 Å². The van der Waals surface area contributed by atoms with Crippen LogP contribution < -0.4 is 5.32 Å². The van der Waals surface area contributed by atoms with Crippen LogP contribution in [0.2, 0.25) is 0 Å². The van der Waals surface area contributed by atoms with E-state index in [1.54, 1.807) is 44.3 Å². The number of likely N-dealkylation sites (tertiary alicyclic amines) is 1. The Morgan fingerprint density at radius 2 is 1.94 bits per heavy atom. The highest BCUT2D eigenvalue weighted by Crippen LogP contribution is 2.44. The van der Waals surface area contributed by atoms with E-state index >= 15 is 4.39 Å². The summed E-state index contributed by atoms with van der Waals surface area (Å²) in [6.07, 6.45) is 3.84. The average molecular weight is 503 g/mol. The summed E-state index contributed by atoms with van der Waals surface area (Å²) in [6, 6.07) is 3.95. The van der Waals surface area contributed by atoms with Gasteiger partial charge in [0.05, 0.1) is 24.3 Å². The Kier molecular flexibility index (Phi) is 7.12. The van der Waals surface area contributed by atoms with Crippen molar-refractivity contribution in [3.8, 4) is 11.3 Å². The number of ether oxygens (including phenoxy) is 1. The topological polar surface area (TPSA) is 76.5 Å². The summed E-state index contributed by atoms with van der Waals surface area (Å²) in [4.78, 5) is 31.3. The van der Waals surface area contributed by atoms with Crippen LogP contribution in [0.1, 0.15) is 71.9 Å². The van der Waals surface area contributed by atoms with Gasteiger partial charge in [-0.05, 0) is 58.4 Å². The molecule has 1 aromatic heterocycles. The summed E-state index contributed by atoms with van der Waals surface area (Å²) < 4.78 is 37.8. The molecular weight excluding hydrogens is 466 g/mol. The second-order valence-corrected chi connectivity index (χ2v) is 11.3. The van der Waals surface area contributed by atoms with E-state index < -0.39 is 23.4 Å². The van der Waals surface area contributed by atoms with Crippen LogP contribution >= 0.6 is 0 Å². The predicted molar refractivity (Wildman–Crippen MR) is 133 cm³/mol. The summed E-state index contributed by atoms with van der Waals surface area (Å²) in [5.41, 5.74) is 0.132. The van der Waals surface area contributed by atoms with Gasteiger partial charge in [-0.3, -0.25) is 4.79 Å². The third kappa shape index (κ3) is 5.39. The molecule has 2 atom stereocenters. The van der Waals surface area contributed by atoms with Gasteiger partial charge < -0.3 is 19.5 Å². The first-order chi connectivity index (χ1) is 16.9. The third-order valence-electron chi connectivity index (χ3n) is 7.11. The second-order valence-electron chi connectivity index (χ2n) is 11.3. The van der Waals surface area contributed by atoms with Crippen LogP contribution in [0.4, 0.5) is 13.6 Å². The number of rotatable bonds is 6.